The molecule has 0 saturated carbocycles. The maximum absolute atomic E-state index is 13.3. The maximum Gasteiger partial charge on any atom is 0.165 e. The Hall–Kier alpha value is -2.82. The van der Waals surface area contributed by atoms with Crippen LogP contribution < -0.4 is 0 Å². The van der Waals surface area contributed by atoms with E-state index < -0.39 is 0 Å². The molecule has 2 aromatic heterocycles. The highest BCUT2D eigenvalue weighted by molar-refractivity contribution is 6.04. The van der Waals surface area contributed by atoms with Gasteiger partial charge in [0.1, 0.15) is 17.5 Å². The number of rotatable bonds is 2. The minimum absolute atomic E-state index is 0.139. The zero-order valence-electron chi connectivity index (χ0n) is 13.3. The van der Waals surface area contributed by atoms with E-state index in [0.29, 0.717) is 18.1 Å². The van der Waals surface area contributed by atoms with Crippen molar-refractivity contribution in [2.24, 2.45) is 0 Å². The number of aryl methyl sites for hydroxylation is 2. The van der Waals surface area contributed by atoms with Crippen LogP contribution in [0.2, 0.25) is 0 Å². The molecule has 0 spiro atoms. The van der Waals surface area contributed by atoms with Crippen LogP contribution in [0.1, 0.15) is 34.6 Å². The predicted octanol–water partition coefficient (Wildman–Crippen LogP) is 3.90. The SMILES string of the molecule is Cc1nccc(-n2cc3c(c2-c2ccc(F)cc2)C(=O)CCC3)n1. The summed E-state index contributed by atoms with van der Waals surface area (Å²) in [4.78, 5) is 21.2. The molecule has 3 aromatic rings. The van der Waals surface area contributed by atoms with Gasteiger partial charge in [0.05, 0.1) is 5.69 Å². The fourth-order valence-corrected chi connectivity index (χ4v) is 3.27. The van der Waals surface area contributed by atoms with E-state index in [1.807, 2.05) is 23.8 Å². The number of hydrogen-bond donors (Lipinski definition) is 0. The Bertz CT molecular complexity index is 928. The van der Waals surface area contributed by atoms with Crippen LogP contribution in [0.4, 0.5) is 4.39 Å². The van der Waals surface area contributed by atoms with Crippen LogP contribution in [0, 0.1) is 12.7 Å². The van der Waals surface area contributed by atoms with E-state index in [0.717, 1.165) is 35.2 Å². The topological polar surface area (TPSA) is 47.8 Å². The largest absolute Gasteiger partial charge is 0.300 e. The number of carbonyl (C=O) groups excluding carboxylic acids is 1. The molecule has 120 valence electrons. The number of fused-ring (bicyclic) bond motifs is 1. The minimum atomic E-state index is -0.296. The first-order valence-electron chi connectivity index (χ1n) is 7.97. The zero-order valence-corrected chi connectivity index (χ0v) is 13.3. The monoisotopic (exact) mass is 321 g/mol. The number of carbonyl (C=O) groups is 1. The third kappa shape index (κ3) is 2.42. The quantitative estimate of drug-likeness (QED) is 0.719. The van der Waals surface area contributed by atoms with Crippen molar-refractivity contribution in [3.63, 3.8) is 0 Å². The van der Waals surface area contributed by atoms with Gasteiger partial charge in [-0.15, -0.1) is 0 Å². The Labute approximate surface area is 139 Å². The molecule has 1 aliphatic rings. The van der Waals surface area contributed by atoms with E-state index in [1.54, 1.807) is 18.3 Å². The van der Waals surface area contributed by atoms with E-state index in [9.17, 15) is 9.18 Å². The highest BCUT2D eigenvalue weighted by Crippen LogP contribution is 2.35. The summed E-state index contributed by atoms with van der Waals surface area (Å²) in [5.41, 5.74) is 3.36. The van der Waals surface area contributed by atoms with Gasteiger partial charge in [-0.1, -0.05) is 0 Å². The van der Waals surface area contributed by atoms with Gasteiger partial charge in [-0.05, 0) is 61.2 Å². The summed E-state index contributed by atoms with van der Waals surface area (Å²) in [5, 5.41) is 0. The summed E-state index contributed by atoms with van der Waals surface area (Å²) in [5.74, 6) is 1.22. The highest BCUT2D eigenvalue weighted by atomic mass is 19.1. The molecule has 4 rings (SSSR count). The van der Waals surface area contributed by atoms with Crippen molar-refractivity contribution in [2.75, 3.05) is 0 Å². The van der Waals surface area contributed by atoms with Gasteiger partial charge in [-0.2, -0.15) is 0 Å². The van der Waals surface area contributed by atoms with Gasteiger partial charge in [0, 0.05) is 24.4 Å². The number of halogens is 1. The molecule has 0 N–H and O–H groups in total. The second kappa shape index (κ2) is 5.67. The van der Waals surface area contributed by atoms with Crippen molar-refractivity contribution in [3.8, 4) is 17.1 Å². The molecule has 0 saturated heterocycles. The second-order valence-corrected chi connectivity index (χ2v) is 5.99. The molecule has 1 aliphatic carbocycles. The van der Waals surface area contributed by atoms with E-state index in [1.165, 1.54) is 12.1 Å². The zero-order chi connectivity index (χ0) is 16.7. The molecular weight excluding hydrogens is 305 g/mol. The molecule has 24 heavy (non-hydrogen) atoms. The molecule has 0 unspecified atom stereocenters. The Kier molecular flexibility index (Phi) is 3.49. The predicted molar refractivity (Wildman–Crippen MR) is 88.8 cm³/mol. The van der Waals surface area contributed by atoms with E-state index in [2.05, 4.69) is 9.97 Å². The molecule has 0 atom stereocenters. The van der Waals surface area contributed by atoms with Crippen LogP contribution in [0.15, 0.2) is 42.7 Å². The average Bonchev–Trinajstić information content (AvgIpc) is 2.96. The summed E-state index contributed by atoms with van der Waals surface area (Å²) < 4.78 is 15.3. The van der Waals surface area contributed by atoms with Gasteiger partial charge >= 0.3 is 0 Å². The lowest BCUT2D eigenvalue weighted by atomic mass is 9.91. The molecule has 1 aromatic carbocycles. The first-order valence-corrected chi connectivity index (χ1v) is 7.97. The lowest BCUT2D eigenvalue weighted by molar-refractivity contribution is 0.0973. The molecule has 0 aliphatic heterocycles. The van der Waals surface area contributed by atoms with Crippen molar-refractivity contribution in [3.05, 3.63) is 65.5 Å². The van der Waals surface area contributed by atoms with Crippen molar-refractivity contribution < 1.29 is 9.18 Å². The standard InChI is InChI=1S/C19H16FN3O/c1-12-21-10-9-17(22-12)23-11-14-3-2-4-16(24)18(14)19(23)13-5-7-15(20)8-6-13/h5-11H,2-4H2,1H3. The van der Waals surface area contributed by atoms with Gasteiger partial charge in [-0.3, -0.25) is 4.79 Å². The van der Waals surface area contributed by atoms with Crippen LogP contribution in [0.3, 0.4) is 0 Å². The van der Waals surface area contributed by atoms with Gasteiger partial charge in [0.25, 0.3) is 0 Å². The first-order chi connectivity index (χ1) is 11.6. The summed E-state index contributed by atoms with van der Waals surface area (Å²) in [7, 11) is 0. The molecule has 5 heteroatoms. The third-order valence-corrected chi connectivity index (χ3v) is 4.34. The van der Waals surface area contributed by atoms with E-state index >= 15 is 0 Å². The van der Waals surface area contributed by atoms with Crippen LogP contribution >= 0.6 is 0 Å². The fourth-order valence-electron chi connectivity index (χ4n) is 3.27. The number of ketones is 1. The molecule has 0 radical (unpaired) electrons. The minimum Gasteiger partial charge on any atom is -0.300 e. The highest BCUT2D eigenvalue weighted by Gasteiger charge is 2.26. The van der Waals surface area contributed by atoms with Gasteiger partial charge in [0.2, 0.25) is 0 Å². The molecule has 0 bridgehead atoms. The molecule has 2 heterocycles. The number of Topliss-reactive ketones (excluding diaryl/α,β-unsaturated/α-hetero) is 1. The van der Waals surface area contributed by atoms with Gasteiger partial charge in [-0.25, -0.2) is 14.4 Å². The fraction of sp³-hybridized carbons (Fsp3) is 0.211. The lowest BCUT2D eigenvalue weighted by Gasteiger charge is -2.13. The Morgan fingerprint density at radius 2 is 1.92 bits per heavy atom. The Balaban J connectivity index is 2.00. The summed E-state index contributed by atoms with van der Waals surface area (Å²) >= 11 is 0. The van der Waals surface area contributed by atoms with Crippen LogP contribution in [-0.4, -0.2) is 20.3 Å². The van der Waals surface area contributed by atoms with E-state index in [-0.39, 0.29) is 11.6 Å². The van der Waals surface area contributed by atoms with Crippen molar-refractivity contribution in [1.82, 2.24) is 14.5 Å². The molecule has 0 amide bonds. The Morgan fingerprint density at radius 1 is 1.12 bits per heavy atom. The van der Waals surface area contributed by atoms with Crippen molar-refractivity contribution in [2.45, 2.75) is 26.2 Å². The summed E-state index contributed by atoms with van der Waals surface area (Å²) in [6.45, 7) is 1.83. The van der Waals surface area contributed by atoms with Gasteiger partial charge in [0.15, 0.2) is 5.78 Å². The van der Waals surface area contributed by atoms with E-state index in [4.69, 9.17) is 0 Å². The number of nitrogens with zero attached hydrogens (tertiary/aromatic N) is 3. The maximum atomic E-state index is 13.3. The number of benzene rings is 1. The molecule has 0 fully saturated rings. The average molecular weight is 321 g/mol. The summed E-state index contributed by atoms with van der Waals surface area (Å²) in [6.07, 6.45) is 5.96. The molecule has 4 nitrogen and oxygen atoms in total. The van der Waals surface area contributed by atoms with Crippen LogP contribution in [-0.2, 0) is 6.42 Å². The normalized spacial score (nSPS) is 13.8. The Morgan fingerprint density at radius 3 is 2.67 bits per heavy atom. The number of hydrogen-bond acceptors (Lipinski definition) is 3. The smallest absolute Gasteiger partial charge is 0.165 e. The van der Waals surface area contributed by atoms with Gasteiger partial charge < -0.3 is 4.57 Å². The molecular formula is C19H16FN3O. The van der Waals surface area contributed by atoms with Crippen molar-refractivity contribution >= 4 is 5.78 Å². The van der Waals surface area contributed by atoms with Crippen LogP contribution in [0.25, 0.3) is 17.1 Å². The van der Waals surface area contributed by atoms with Crippen molar-refractivity contribution in [1.29, 1.82) is 0 Å². The van der Waals surface area contributed by atoms with Crippen LogP contribution in [0.5, 0.6) is 0 Å². The number of aromatic nitrogens is 3. The second-order valence-electron chi connectivity index (χ2n) is 5.99. The lowest BCUT2D eigenvalue weighted by Crippen LogP contribution is -2.10. The first kappa shape index (κ1) is 14.8. The summed E-state index contributed by atoms with van der Waals surface area (Å²) in [6, 6.07) is 8.06. The third-order valence-electron chi connectivity index (χ3n) is 4.34.